The normalized spacial score (nSPS) is 22.9. The highest BCUT2D eigenvalue weighted by Crippen LogP contribution is 2.24. The molecule has 1 atom stereocenters. The van der Waals surface area contributed by atoms with Gasteiger partial charge in [-0.2, -0.15) is 9.61 Å². The lowest BCUT2D eigenvalue weighted by atomic mass is 10.0. The van der Waals surface area contributed by atoms with E-state index in [9.17, 15) is 0 Å². The lowest BCUT2D eigenvalue weighted by Crippen LogP contribution is -2.42. The molecule has 0 amide bonds. The van der Waals surface area contributed by atoms with Crippen LogP contribution in [0.3, 0.4) is 0 Å². The van der Waals surface area contributed by atoms with Crippen molar-refractivity contribution in [3.63, 3.8) is 0 Å². The van der Waals surface area contributed by atoms with E-state index in [-0.39, 0.29) is 0 Å². The summed E-state index contributed by atoms with van der Waals surface area (Å²) in [5, 5.41) is 16.5. The topological polar surface area (TPSA) is 67.6 Å². The molecule has 0 aromatic carbocycles. The fraction of sp³-hybridized carbons (Fsp3) is 0.722. The Balaban J connectivity index is 1.39. The van der Waals surface area contributed by atoms with Crippen molar-refractivity contribution in [3.05, 3.63) is 18.1 Å². The number of ether oxygens (including phenoxy) is 1. The lowest BCUT2D eigenvalue weighted by Gasteiger charge is -2.34. The molecule has 2 aliphatic heterocycles. The summed E-state index contributed by atoms with van der Waals surface area (Å²) < 4.78 is 7.55. The van der Waals surface area contributed by atoms with Crippen LogP contribution >= 0.6 is 0 Å². The second kappa shape index (κ2) is 7.25. The first-order valence-electron chi connectivity index (χ1n) is 9.50. The van der Waals surface area contributed by atoms with Gasteiger partial charge in [0.05, 0.1) is 17.5 Å². The van der Waals surface area contributed by atoms with E-state index in [0.717, 1.165) is 56.1 Å². The highest BCUT2D eigenvalue weighted by molar-refractivity contribution is 5.67. The van der Waals surface area contributed by atoms with Crippen LogP contribution in [0.2, 0.25) is 0 Å². The fourth-order valence-electron chi connectivity index (χ4n) is 3.79. The molecule has 0 saturated carbocycles. The summed E-state index contributed by atoms with van der Waals surface area (Å²) in [7, 11) is 0. The molecule has 0 bridgehead atoms. The minimum atomic E-state index is 0.376. The zero-order valence-electron chi connectivity index (χ0n) is 15.2. The molecule has 2 aliphatic rings. The number of hydrogen-bond acceptors (Lipinski definition) is 6. The van der Waals surface area contributed by atoms with Crippen molar-refractivity contribution >= 4 is 11.3 Å². The molecule has 7 nitrogen and oxygen atoms in total. The van der Waals surface area contributed by atoms with Crippen LogP contribution in [0.15, 0.2) is 12.4 Å². The van der Waals surface area contributed by atoms with E-state index in [1.54, 1.807) is 10.8 Å². The van der Waals surface area contributed by atoms with E-state index in [1.807, 2.05) is 0 Å². The van der Waals surface area contributed by atoms with Crippen molar-refractivity contribution in [2.24, 2.45) is 0 Å². The summed E-state index contributed by atoms with van der Waals surface area (Å²) in [6.45, 7) is 8.61. The Labute approximate surface area is 148 Å². The highest BCUT2D eigenvalue weighted by atomic mass is 16.5. The predicted molar refractivity (Wildman–Crippen MR) is 96.9 cm³/mol. The SMILES string of the molecule is CC(C)c1cc(NC2CCN(CC3CCCO3)CC2)c2nncn2n1. The van der Waals surface area contributed by atoms with Crippen LogP contribution < -0.4 is 5.32 Å². The molecule has 0 spiro atoms. The summed E-state index contributed by atoms with van der Waals surface area (Å²) in [4.78, 5) is 2.55. The maximum absolute atomic E-state index is 5.77. The molecule has 2 aromatic rings. The third-order valence-electron chi connectivity index (χ3n) is 5.31. The zero-order chi connectivity index (χ0) is 17.2. The number of hydrogen-bond donors (Lipinski definition) is 1. The molecule has 1 unspecified atom stereocenters. The van der Waals surface area contributed by atoms with Crippen LogP contribution in [-0.2, 0) is 4.74 Å². The van der Waals surface area contributed by atoms with Gasteiger partial charge in [-0.3, -0.25) is 0 Å². The summed E-state index contributed by atoms with van der Waals surface area (Å²) in [5.74, 6) is 0.376. The fourth-order valence-corrected chi connectivity index (χ4v) is 3.79. The van der Waals surface area contributed by atoms with Gasteiger partial charge in [-0.1, -0.05) is 13.8 Å². The van der Waals surface area contributed by atoms with Crippen LogP contribution in [-0.4, -0.2) is 63.1 Å². The first-order valence-corrected chi connectivity index (χ1v) is 9.50. The second-order valence-electron chi connectivity index (χ2n) is 7.59. The van der Waals surface area contributed by atoms with E-state index in [1.165, 1.54) is 12.8 Å². The number of fused-ring (bicyclic) bond motifs is 1. The quantitative estimate of drug-likeness (QED) is 0.898. The molecule has 0 aliphatic carbocycles. The van der Waals surface area contributed by atoms with Crippen LogP contribution in [0.1, 0.15) is 51.1 Å². The molecule has 136 valence electrons. The Kier molecular flexibility index (Phi) is 4.85. The van der Waals surface area contributed by atoms with E-state index < -0.39 is 0 Å². The Morgan fingerprint density at radius 3 is 2.84 bits per heavy atom. The van der Waals surface area contributed by atoms with Crippen molar-refractivity contribution in [1.82, 2.24) is 24.7 Å². The predicted octanol–water partition coefficient (Wildman–Crippen LogP) is 2.30. The standard InChI is InChI=1S/C18H28N6O/c1-13(2)16-10-17(18-21-19-12-24(18)22-16)20-14-5-7-23(8-6-14)11-15-4-3-9-25-15/h10,12-15,20H,3-9,11H2,1-2H3. The average molecular weight is 344 g/mol. The van der Waals surface area contributed by atoms with Crippen molar-refractivity contribution in [3.8, 4) is 0 Å². The van der Waals surface area contributed by atoms with Crippen molar-refractivity contribution < 1.29 is 4.74 Å². The first-order chi connectivity index (χ1) is 12.2. The van der Waals surface area contributed by atoms with Gasteiger partial charge in [-0.25, -0.2) is 0 Å². The van der Waals surface area contributed by atoms with E-state index >= 15 is 0 Å². The Hall–Kier alpha value is -1.73. The molecular formula is C18H28N6O. The number of rotatable bonds is 5. The number of anilines is 1. The number of nitrogens with one attached hydrogen (secondary N) is 1. The zero-order valence-corrected chi connectivity index (χ0v) is 15.2. The van der Waals surface area contributed by atoms with Gasteiger partial charge in [0.25, 0.3) is 0 Å². The van der Waals surface area contributed by atoms with Gasteiger partial charge in [0, 0.05) is 32.3 Å². The minimum Gasteiger partial charge on any atom is -0.379 e. The Morgan fingerprint density at radius 2 is 2.12 bits per heavy atom. The molecule has 2 saturated heterocycles. The number of nitrogens with zero attached hydrogens (tertiary/aromatic N) is 5. The van der Waals surface area contributed by atoms with Gasteiger partial charge >= 0.3 is 0 Å². The number of piperidine rings is 1. The average Bonchev–Trinajstić information content (AvgIpc) is 3.28. The first kappa shape index (κ1) is 16.7. The number of aromatic nitrogens is 4. The molecule has 2 aromatic heterocycles. The Morgan fingerprint density at radius 1 is 1.28 bits per heavy atom. The van der Waals surface area contributed by atoms with E-state index in [4.69, 9.17) is 4.74 Å². The van der Waals surface area contributed by atoms with Gasteiger partial charge in [0.15, 0.2) is 0 Å². The van der Waals surface area contributed by atoms with Gasteiger partial charge in [-0.05, 0) is 37.7 Å². The molecule has 0 radical (unpaired) electrons. The largest absolute Gasteiger partial charge is 0.379 e. The molecule has 2 fully saturated rings. The van der Waals surface area contributed by atoms with Crippen molar-refractivity contribution in [2.75, 3.05) is 31.6 Å². The van der Waals surface area contributed by atoms with Gasteiger partial charge < -0.3 is 15.0 Å². The molecule has 25 heavy (non-hydrogen) atoms. The third kappa shape index (κ3) is 3.77. The maximum Gasteiger partial charge on any atom is 0.200 e. The second-order valence-corrected chi connectivity index (χ2v) is 7.59. The monoisotopic (exact) mass is 344 g/mol. The lowest BCUT2D eigenvalue weighted by molar-refractivity contribution is 0.0654. The number of likely N-dealkylation sites (tertiary alicyclic amines) is 1. The smallest absolute Gasteiger partial charge is 0.200 e. The van der Waals surface area contributed by atoms with Crippen LogP contribution in [0.25, 0.3) is 5.65 Å². The van der Waals surface area contributed by atoms with Crippen molar-refractivity contribution in [1.29, 1.82) is 0 Å². The van der Waals surface area contributed by atoms with Crippen LogP contribution in [0.5, 0.6) is 0 Å². The summed E-state index contributed by atoms with van der Waals surface area (Å²) in [5.41, 5.74) is 2.92. The summed E-state index contributed by atoms with van der Waals surface area (Å²) in [6, 6.07) is 2.61. The van der Waals surface area contributed by atoms with E-state index in [0.29, 0.717) is 18.1 Å². The molecule has 7 heteroatoms. The highest BCUT2D eigenvalue weighted by Gasteiger charge is 2.24. The molecule has 4 heterocycles. The van der Waals surface area contributed by atoms with Crippen LogP contribution in [0, 0.1) is 0 Å². The van der Waals surface area contributed by atoms with Gasteiger partial charge in [0.1, 0.15) is 6.33 Å². The maximum atomic E-state index is 5.77. The summed E-state index contributed by atoms with van der Waals surface area (Å²) >= 11 is 0. The van der Waals surface area contributed by atoms with E-state index in [2.05, 4.69) is 45.4 Å². The van der Waals surface area contributed by atoms with Gasteiger partial charge in [-0.15, -0.1) is 10.2 Å². The molecule has 4 rings (SSSR count). The minimum absolute atomic E-state index is 0.376. The van der Waals surface area contributed by atoms with Crippen molar-refractivity contribution in [2.45, 2.75) is 57.6 Å². The van der Waals surface area contributed by atoms with Gasteiger partial charge in [0.2, 0.25) is 5.65 Å². The molecule has 1 N–H and O–H groups in total. The molecular weight excluding hydrogens is 316 g/mol. The van der Waals surface area contributed by atoms with Crippen LogP contribution in [0.4, 0.5) is 5.69 Å². The Bertz CT molecular complexity index is 701. The summed E-state index contributed by atoms with van der Waals surface area (Å²) in [6.07, 6.45) is 6.86. The third-order valence-corrected chi connectivity index (χ3v) is 5.31.